The van der Waals surface area contributed by atoms with Gasteiger partial charge in [0, 0.05) is 0 Å². The fourth-order valence-corrected chi connectivity index (χ4v) is 2.32. The van der Waals surface area contributed by atoms with Gasteiger partial charge in [0.1, 0.15) is 0 Å². The minimum atomic E-state index is -1.72. The van der Waals surface area contributed by atoms with Crippen molar-refractivity contribution in [2.45, 2.75) is 26.9 Å². The molecule has 6 nitrogen and oxygen atoms in total. The van der Waals surface area contributed by atoms with Gasteiger partial charge >= 0.3 is 5.97 Å². The van der Waals surface area contributed by atoms with E-state index in [0.717, 1.165) is 6.07 Å². The van der Waals surface area contributed by atoms with E-state index in [9.17, 15) is 22.8 Å². The van der Waals surface area contributed by atoms with Gasteiger partial charge < -0.3 is 19.5 Å². The zero-order chi connectivity index (χ0) is 21.6. The van der Waals surface area contributed by atoms with E-state index in [0.29, 0.717) is 30.8 Å². The van der Waals surface area contributed by atoms with E-state index in [1.165, 1.54) is 25.1 Å². The van der Waals surface area contributed by atoms with Crippen LogP contribution in [-0.4, -0.2) is 31.2 Å². The highest BCUT2D eigenvalue weighted by Gasteiger charge is 2.22. The molecule has 2 rings (SSSR count). The topological polar surface area (TPSA) is 73.9 Å². The Bertz CT molecular complexity index is 904. The molecule has 0 radical (unpaired) electrons. The van der Waals surface area contributed by atoms with E-state index in [4.69, 9.17) is 14.2 Å². The van der Waals surface area contributed by atoms with E-state index in [2.05, 4.69) is 0 Å². The molecule has 1 atom stereocenters. The number of carbonyl (C=O) groups excluding carboxylic acids is 2. The fourth-order valence-electron chi connectivity index (χ4n) is 2.32. The van der Waals surface area contributed by atoms with Crippen LogP contribution < -0.4 is 14.8 Å². The lowest BCUT2D eigenvalue weighted by atomic mass is 10.2. The predicted octanol–water partition coefficient (Wildman–Crippen LogP) is 4.09. The number of ether oxygens (including phenoxy) is 3. The second-order valence-corrected chi connectivity index (χ2v) is 5.79. The van der Waals surface area contributed by atoms with Crippen LogP contribution in [0.5, 0.6) is 11.5 Å². The van der Waals surface area contributed by atoms with Crippen LogP contribution in [0.25, 0.3) is 0 Å². The Kier molecular flexibility index (Phi) is 7.46. The number of anilines is 1. The molecule has 9 heteroatoms. The molecular weight excluding hydrogens is 391 g/mol. The number of benzene rings is 2. The summed E-state index contributed by atoms with van der Waals surface area (Å²) in [6, 6.07) is 5.92. The molecule has 2 aromatic carbocycles. The van der Waals surface area contributed by atoms with Crippen molar-refractivity contribution in [1.82, 2.24) is 0 Å². The first-order valence-corrected chi connectivity index (χ1v) is 8.83. The van der Waals surface area contributed by atoms with Crippen molar-refractivity contribution in [3.63, 3.8) is 0 Å². The van der Waals surface area contributed by atoms with Crippen LogP contribution in [0.2, 0.25) is 0 Å². The number of hydrogen-bond donors (Lipinski definition) is 1. The maximum absolute atomic E-state index is 13.7. The van der Waals surface area contributed by atoms with Crippen molar-refractivity contribution in [3.05, 3.63) is 53.3 Å². The van der Waals surface area contributed by atoms with Crippen LogP contribution in [0.15, 0.2) is 30.3 Å². The molecule has 0 spiro atoms. The Morgan fingerprint density at radius 1 is 0.966 bits per heavy atom. The van der Waals surface area contributed by atoms with Gasteiger partial charge in [0.2, 0.25) is 0 Å². The van der Waals surface area contributed by atoms with E-state index in [1.807, 2.05) is 5.32 Å². The van der Waals surface area contributed by atoms with Gasteiger partial charge in [-0.1, -0.05) is 0 Å². The van der Waals surface area contributed by atoms with Crippen LogP contribution in [-0.2, 0) is 9.53 Å². The Morgan fingerprint density at radius 2 is 1.62 bits per heavy atom. The normalized spacial score (nSPS) is 11.5. The summed E-state index contributed by atoms with van der Waals surface area (Å²) in [6.07, 6.45) is -1.34. The second kappa shape index (κ2) is 9.81. The van der Waals surface area contributed by atoms with Gasteiger partial charge in [0.25, 0.3) is 5.91 Å². The smallest absolute Gasteiger partial charge is 0.339 e. The van der Waals surface area contributed by atoms with Gasteiger partial charge in [-0.2, -0.15) is 0 Å². The van der Waals surface area contributed by atoms with E-state index >= 15 is 0 Å². The number of carbonyl (C=O) groups is 2. The number of halogens is 3. The molecule has 2 aromatic rings. The quantitative estimate of drug-likeness (QED) is 0.523. The third-order valence-electron chi connectivity index (χ3n) is 3.73. The third kappa shape index (κ3) is 5.40. The van der Waals surface area contributed by atoms with Crippen LogP contribution in [0.1, 0.15) is 31.1 Å². The zero-order valence-corrected chi connectivity index (χ0v) is 16.1. The molecule has 0 saturated carbocycles. The molecule has 0 heterocycles. The SMILES string of the molecule is CCOc1ccc(C(=O)O[C@H](C)C(=O)Nc2ccc(F)c(F)c2F)cc1OCC. The van der Waals surface area contributed by atoms with E-state index < -0.39 is 41.1 Å². The first-order chi connectivity index (χ1) is 13.8. The maximum atomic E-state index is 13.7. The molecule has 1 N–H and O–H groups in total. The largest absolute Gasteiger partial charge is 0.490 e. The highest BCUT2D eigenvalue weighted by atomic mass is 19.2. The molecule has 0 aromatic heterocycles. The van der Waals surface area contributed by atoms with Crippen molar-refractivity contribution in [3.8, 4) is 11.5 Å². The first kappa shape index (κ1) is 22.1. The highest BCUT2D eigenvalue weighted by molar-refractivity contribution is 5.97. The summed E-state index contributed by atoms with van der Waals surface area (Å²) in [6.45, 7) is 5.57. The van der Waals surface area contributed by atoms with E-state index in [-0.39, 0.29) is 5.56 Å². The maximum Gasteiger partial charge on any atom is 0.339 e. The average molecular weight is 411 g/mol. The van der Waals surface area contributed by atoms with Crippen LogP contribution in [0.3, 0.4) is 0 Å². The van der Waals surface area contributed by atoms with Crippen molar-refractivity contribution in [2.75, 3.05) is 18.5 Å². The summed E-state index contributed by atoms with van der Waals surface area (Å²) < 4.78 is 55.8. The Labute approximate surface area is 165 Å². The molecule has 0 aliphatic rings. The van der Waals surface area contributed by atoms with Gasteiger partial charge in [0.15, 0.2) is 35.1 Å². The lowest BCUT2D eigenvalue weighted by Crippen LogP contribution is -2.30. The summed E-state index contributed by atoms with van der Waals surface area (Å²) in [7, 11) is 0. The number of amides is 1. The molecule has 0 saturated heterocycles. The van der Waals surface area contributed by atoms with Crippen molar-refractivity contribution in [1.29, 1.82) is 0 Å². The highest BCUT2D eigenvalue weighted by Crippen LogP contribution is 2.29. The second-order valence-electron chi connectivity index (χ2n) is 5.79. The van der Waals surface area contributed by atoms with Crippen molar-refractivity contribution < 1.29 is 37.0 Å². The first-order valence-electron chi connectivity index (χ1n) is 8.83. The molecule has 1 amide bonds. The summed E-state index contributed by atoms with van der Waals surface area (Å²) in [5.41, 5.74) is -0.466. The molecule has 0 aliphatic heterocycles. The van der Waals surface area contributed by atoms with Gasteiger partial charge in [-0.25, -0.2) is 18.0 Å². The zero-order valence-electron chi connectivity index (χ0n) is 16.1. The summed E-state index contributed by atoms with van der Waals surface area (Å²) >= 11 is 0. The number of rotatable bonds is 8. The summed E-state index contributed by atoms with van der Waals surface area (Å²) in [5.74, 6) is -5.62. The molecule has 156 valence electrons. The Hall–Kier alpha value is -3.23. The van der Waals surface area contributed by atoms with Crippen molar-refractivity contribution >= 4 is 17.6 Å². The van der Waals surface area contributed by atoms with Gasteiger partial charge in [-0.3, -0.25) is 4.79 Å². The fraction of sp³-hybridized carbons (Fsp3) is 0.300. The lowest BCUT2D eigenvalue weighted by Gasteiger charge is -2.15. The van der Waals surface area contributed by atoms with E-state index in [1.54, 1.807) is 13.8 Å². The number of nitrogens with one attached hydrogen (secondary N) is 1. The number of hydrogen-bond acceptors (Lipinski definition) is 5. The van der Waals surface area contributed by atoms with Gasteiger partial charge in [0.05, 0.1) is 24.5 Å². The minimum Gasteiger partial charge on any atom is -0.490 e. The molecule has 0 fully saturated rings. The van der Waals surface area contributed by atoms with Crippen LogP contribution in [0.4, 0.5) is 18.9 Å². The standard InChI is InChI=1S/C20H20F3NO5/c1-4-27-15-9-6-12(10-16(15)28-5-2)20(26)29-11(3)19(25)24-14-8-7-13(21)17(22)18(14)23/h6-11H,4-5H2,1-3H3,(H,24,25)/t11-/m1/s1. The van der Waals surface area contributed by atoms with Crippen LogP contribution >= 0.6 is 0 Å². The number of esters is 1. The summed E-state index contributed by atoms with van der Waals surface area (Å²) in [5, 5.41) is 2.05. The third-order valence-corrected chi connectivity index (χ3v) is 3.73. The molecule has 0 bridgehead atoms. The van der Waals surface area contributed by atoms with Gasteiger partial charge in [-0.05, 0) is 51.1 Å². The van der Waals surface area contributed by atoms with Crippen LogP contribution in [0, 0.1) is 17.5 Å². The molecule has 0 unspecified atom stereocenters. The van der Waals surface area contributed by atoms with Crippen molar-refractivity contribution in [2.24, 2.45) is 0 Å². The lowest BCUT2D eigenvalue weighted by molar-refractivity contribution is -0.123. The minimum absolute atomic E-state index is 0.107. The molecular formula is C20H20F3NO5. The molecule has 0 aliphatic carbocycles. The Balaban J connectivity index is 2.09. The predicted molar refractivity (Wildman–Crippen MR) is 98.6 cm³/mol. The molecule has 29 heavy (non-hydrogen) atoms. The van der Waals surface area contributed by atoms with Gasteiger partial charge in [-0.15, -0.1) is 0 Å². The monoisotopic (exact) mass is 411 g/mol. The summed E-state index contributed by atoms with van der Waals surface area (Å²) in [4.78, 5) is 24.4. The Morgan fingerprint density at radius 3 is 2.28 bits per heavy atom. The average Bonchev–Trinajstić information content (AvgIpc) is 2.69.